The molecule has 0 saturated heterocycles. The van der Waals surface area contributed by atoms with Crippen LogP contribution < -0.4 is 5.32 Å². The van der Waals surface area contributed by atoms with Crippen LogP contribution in [0.3, 0.4) is 0 Å². The number of amides is 1. The summed E-state index contributed by atoms with van der Waals surface area (Å²) in [5.74, 6) is -0.949. The lowest BCUT2D eigenvalue weighted by Crippen LogP contribution is -2.24. The van der Waals surface area contributed by atoms with Gasteiger partial charge < -0.3 is 5.32 Å². The van der Waals surface area contributed by atoms with Crippen LogP contribution in [0, 0.1) is 12.7 Å². The molecular formula is C18H16FN3O. The lowest BCUT2D eigenvalue weighted by atomic mass is 9.99. The maximum Gasteiger partial charge on any atom is 0.254 e. The van der Waals surface area contributed by atoms with Gasteiger partial charge in [-0.15, -0.1) is 0 Å². The third-order valence-electron chi connectivity index (χ3n) is 3.59. The minimum absolute atomic E-state index is 0.0411. The highest BCUT2D eigenvalue weighted by Crippen LogP contribution is 2.24. The number of H-pyrrole nitrogens is 1. The van der Waals surface area contributed by atoms with E-state index < -0.39 is 11.7 Å². The number of nitrogens with zero attached hydrogens (tertiary/aromatic N) is 1. The van der Waals surface area contributed by atoms with Crippen LogP contribution in [0.15, 0.2) is 54.7 Å². The maximum absolute atomic E-state index is 14.3. The van der Waals surface area contributed by atoms with Crippen molar-refractivity contribution in [2.45, 2.75) is 13.5 Å². The number of aromatic amines is 1. The Balaban J connectivity index is 1.88. The van der Waals surface area contributed by atoms with Gasteiger partial charge in [-0.3, -0.25) is 9.89 Å². The predicted molar refractivity (Wildman–Crippen MR) is 86.3 cm³/mol. The van der Waals surface area contributed by atoms with Crippen molar-refractivity contribution in [1.82, 2.24) is 15.5 Å². The molecule has 0 spiro atoms. The summed E-state index contributed by atoms with van der Waals surface area (Å²) in [5, 5.41) is 9.31. The highest BCUT2D eigenvalue weighted by molar-refractivity contribution is 5.96. The Morgan fingerprint density at radius 2 is 1.96 bits per heavy atom. The summed E-state index contributed by atoms with van der Waals surface area (Å²) in [4.78, 5) is 12.3. The Morgan fingerprint density at radius 3 is 2.65 bits per heavy atom. The smallest absolute Gasteiger partial charge is 0.254 e. The molecule has 0 fully saturated rings. The molecule has 0 saturated carbocycles. The molecule has 0 aliphatic carbocycles. The van der Waals surface area contributed by atoms with Crippen LogP contribution in [0.4, 0.5) is 4.39 Å². The normalized spacial score (nSPS) is 10.5. The van der Waals surface area contributed by atoms with E-state index in [1.165, 1.54) is 0 Å². The molecule has 23 heavy (non-hydrogen) atoms. The number of aryl methyl sites for hydroxylation is 1. The van der Waals surface area contributed by atoms with Gasteiger partial charge in [0, 0.05) is 6.20 Å². The Hall–Kier alpha value is -2.95. The highest BCUT2D eigenvalue weighted by atomic mass is 19.1. The first-order valence-electron chi connectivity index (χ1n) is 7.27. The van der Waals surface area contributed by atoms with E-state index in [1.54, 1.807) is 31.3 Å². The molecule has 0 aliphatic heterocycles. The van der Waals surface area contributed by atoms with E-state index in [2.05, 4.69) is 15.5 Å². The standard InChI is InChI=1S/C18H16FN3O/c1-12-9-14(13-5-3-2-4-6-13)10-16(17(12)19)18(23)20-11-15-7-8-21-22-15/h2-10H,11H2,1H3,(H,20,23)(H,21,22). The quantitative estimate of drug-likeness (QED) is 0.775. The Labute approximate surface area is 133 Å². The number of carbonyl (C=O) groups excluding carboxylic acids is 1. The Bertz CT molecular complexity index is 814. The minimum Gasteiger partial charge on any atom is -0.346 e. The molecule has 2 N–H and O–H groups in total. The fourth-order valence-electron chi connectivity index (χ4n) is 2.39. The van der Waals surface area contributed by atoms with Gasteiger partial charge in [0.05, 0.1) is 17.8 Å². The molecule has 116 valence electrons. The average molecular weight is 309 g/mol. The molecule has 3 rings (SSSR count). The Kier molecular flexibility index (Phi) is 4.19. The summed E-state index contributed by atoms with van der Waals surface area (Å²) in [5.41, 5.74) is 2.93. The van der Waals surface area contributed by atoms with Crippen LogP contribution in [-0.4, -0.2) is 16.1 Å². The number of hydrogen-bond donors (Lipinski definition) is 2. The van der Waals surface area contributed by atoms with Crippen molar-refractivity contribution in [2.24, 2.45) is 0 Å². The lowest BCUT2D eigenvalue weighted by Gasteiger charge is -2.10. The van der Waals surface area contributed by atoms with Gasteiger partial charge >= 0.3 is 0 Å². The summed E-state index contributed by atoms with van der Waals surface area (Å²) in [6.07, 6.45) is 1.67. The van der Waals surface area contributed by atoms with Gasteiger partial charge in [0.25, 0.3) is 5.91 Å². The summed E-state index contributed by atoms with van der Waals surface area (Å²) in [6, 6.07) is 14.7. The van der Waals surface area contributed by atoms with Gasteiger partial charge in [0.1, 0.15) is 5.82 Å². The van der Waals surface area contributed by atoms with E-state index in [4.69, 9.17) is 0 Å². The molecule has 0 bridgehead atoms. The van der Waals surface area contributed by atoms with Crippen molar-refractivity contribution >= 4 is 5.91 Å². The van der Waals surface area contributed by atoms with Crippen molar-refractivity contribution in [3.05, 3.63) is 77.4 Å². The molecule has 1 heterocycles. The minimum atomic E-state index is -0.496. The second-order valence-electron chi connectivity index (χ2n) is 5.27. The largest absolute Gasteiger partial charge is 0.346 e. The molecule has 0 radical (unpaired) electrons. The van der Waals surface area contributed by atoms with Gasteiger partial charge in [-0.05, 0) is 41.8 Å². The average Bonchev–Trinajstić information content (AvgIpc) is 3.09. The molecule has 2 aromatic carbocycles. The first-order valence-corrected chi connectivity index (χ1v) is 7.27. The summed E-state index contributed by atoms with van der Waals surface area (Å²) in [6.45, 7) is 1.91. The number of benzene rings is 2. The lowest BCUT2D eigenvalue weighted by molar-refractivity contribution is 0.0946. The van der Waals surface area contributed by atoms with Gasteiger partial charge in [-0.1, -0.05) is 30.3 Å². The van der Waals surface area contributed by atoms with Gasteiger partial charge in [-0.2, -0.15) is 5.10 Å². The highest BCUT2D eigenvalue weighted by Gasteiger charge is 2.16. The SMILES string of the molecule is Cc1cc(-c2ccccc2)cc(C(=O)NCc2cc[nH]n2)c1F. The van der Waals surface area contributed by atoms with Gasteiger partial charge in [-0.25, -0.2) is 4.39 Å². The third-order valence-corrected chi connectivity index (χ3v) is 3.59. The van der Waals surface area contributed by atoms with E-state index in [-0.39, 0.29) is 12.1 Å². The first-order chi connectivity index (χ1) is 11.1. The van der Waals surface area contributed by atoms with E-state index in [0.717, 1.165) is 11.1 Å². The molecule has 0 atom stereocenters. The number of aromatic nitrogens is 2. The van der Waals surface area contributed by atoms with Crippen LogP contribution in [0.1, 0.15) is 21.6 Å². The molecule has 1 amide bonds. The third kappa shape index (κ3) is 3.29. The van der Waals surface area contributed by atoms with Crippen LogP contribution in [0.25, 0.3) is 11.1 Å². The zero-order valence-electron chi connectivity index (χ0n) is 12.6. The van der Waals surface area contributed by atoms with Crippen LogP contribution in [0.2, 0.25) is 0 Å². The van der Waals surface area contributed by atoms with Crippen molar-refractivity contribution in [3.63, 3.8) is 0 Å². The van der Waals surface area contributed by atoms with Crippen molar-refractivity contribution in [3.8, 4) is 11.1 Å². The maximum atomic E-state index is 14.3. The van der Waals surface area contributed by atoms with Crippen molar-refractivity contribution in [2.75, 3.05) is 0 Å². The summed E-state index contributed by atoms with van der Waals surface area (Å²) in [7, 11) is 0. The zero-order valence-corrected chi connectivity index (χ0v) is 12.6. The molecule has 1 aromatic heterocycles. The first kappa shape index (κ1) is 15.0. The van der Waals surface area contributed by atoms with Gasteiger partial charge in [0.15, 0.2) is 0 Å². The zero-order chi connectivity index (χ0) is 16.2. The van der Waals surface area contributed by atoms with Gasteiger partial charge in [0.2, 0.25) is 0 Å². The molecule has 0 unspecified atom stereocenters. The van der Waals surface area contributed by atoms with Crippen molar-refractivity contribution < 1.29 is 9.18 Å². The van der Waals surface area contributed by atoms with E-state index >= 15 is 0 Å². The number of nitrogens with one attached hydrogen (secondary N) is 2. The van der Waals surface area contributed by atoms with E-state index in [9.17, 15) is 9.18 Å². The van der Waals surface area contributed by atoms with E-state index in [1.807, 2.05) is 30.3 Å². The Morgan fingerprint density at radius 1 is 1.17 bits per heavy atom. The van der Waals surface area contributed by atoms with Crippen LogP contribution in [-0.2, 0) is 6.54 Å². The van der Waals surface area contributed by atoms with Crippen molar-refractivity contribution in [1.29, 1.82) is 0 Å². The van der Waals surface area contributed by atoms with E-state index in [0.29, 0.717) is 11.3 Å². The van der Waals surface area contributed by atoms with Crippen LogP contribution >= 0.6 is 0 Å². The number of carbonyl (C=O) groups is 1. The molecule has 4 nitrogen and oxygen atoms in total. The predicted octanol–water partition coefficient (Wildman–Crippen LogP) is 3.45. The summed E-state index contributed by atoms with van der Waals surface area (Å²) < 4.78 is 14.3. The fourth-order valence-corrected chi connectivity index (χ4v) is 2.39. The summed E-state index contributed by atoms with van der Waals surface area (Å²) >= 11 is 0. The number of rotatable bonds is 4. The molecule has 0 aliphatic rings. The second kappa shape index (κ2) is 6.44. The molecule has 5 heteroatoms. The number of hydrogen-bond acceptors (Lipinski definition) is 2. The second-order valence-corrected chi connectivity index (χ2v) is 5.27. The van der Waals surface area contributed by atoms with Crippen LogP contribution in [0.5, 0.6) is 0 Å². The number of halogens is 1. The molecular weight excluding hydrogens is 293 g/mol. The topological polar surface area (TPSA) is 57.8 Å². The fraction of sp³-hybridized carbons (Fsp3) is 0.111. The molecule has 3 aromatic rings. The monoisotopic (exact) mass is 309 g/mol.